The zero-order valence-corrected chi connectivity index (χ0v) is 14.6. The summed E-state index contributed by atoms with van der Waals surface area (Å²) in [5, 5.41) is 0. The van der Waals surface area contributed by atoms with Crippen molar-refractivity contribution in [2.75, 3.05) is 0 Å². The quantitative estimate of drug-likeness (QED) is 0.267. The summed E-state index contributed by atoms with van der Waals surface area (Å²) in [5.74, 6) is -5.00. The molecule has 0 aliphatic heterocycles. The monoisotopic (exact) mass is 502 g/mol. The van der Waals surface area contributed by atoms with Crippen LogP contribution >= 0.6 is 20.2 Å². The van der Waals surface area contributed by atoms with E-state index in [1.165, 1.54) is 0 Å². The van der Waals surface area contributed by atoms with Crippen LogP contribution < -0.4 is 0 Å². The Morgan fingerprint density at radius 2 is 1.20 bits per heavy atom. The van der Waals surface area contributed by atoms with E-state index in [9.17, 15) is 39.2 Å². The Labute approximate surface area is 144 Å². The van der Waals surface area contributed by atoms with Gasteiger partial charge in [0.25, 0.3) is 0 Å². The van der Waals surface area contributed by atoms with Crippen molar-refractivity contribution in [3.05, 3.63) is 66.8 Å². The van der Waals surface area contributed by atoms with Gasteiger partial charge in [-0.05, 0) is 0 Å². The van der Waals surface area contributed by atoms with Gasteiger partial charge in [-0.3, -0.25) is 0 Å². The maximum atomic E-state index is 13.9. The Bertz CT molecular complexity index is 847. The maximum absolute atomic E-state index is 13.9. The van der Waals surface area contributed by atoms with Crippen LogP contribution in [0, 0.1) is 30.4 Å². The molecule has 0 spiro atoms. The van der Waals surface area contributed by atoms with Gasteiger partial charge in [-0.2, -0.15) is 0 Å². The fourth-order valence-electron chi connectivity index (χ4n) is 1.52. The summed E-state index contributed by atoms with van der Waals surface area (Å²) >= 11 is -4.41. The van der Waals surface area contributed by atoms with Gasteiger partial charge in [0, 0.05) is 0 Å². The Morgan fingerprint density at radius 3 is 1.52 bits per heavy atom. The minimum atomic E-state index is -6.20. The van der Waals surface area contributed by atoms with E-state index in [0.29, 0.717) is 24.3 Å². The van der Waals surface area contributed by atoms with Gasteiger partial charge in [-0.25, -0.2) is 0 Å². The Hall–Kier alpha value is -1.41. The first-order valence-electron chi connectivity index (χ1n) is 6.04. The van der Waals surface area contributed by atoms with Crippen molar-refractivity contribution in [3.8, 4) is 0 Å². The van der Waals surface area contributed by atoms with Crippen molar-refractivity contribution in [1.29, 1.82) is 0 Å². The molecular formula is C13H6F7IO3S. The van der Waals surface area contributed by atoms with Crippen molar-refractivity contribution in [2.45, 2.75) is 5.51 Å². The molecule has 0 aliphatic carbocycles. The number of hydrogen-bond acceptors (Lipinski definition) is 3. The summed E-state index contributed by atoms with van der Waals surface area (Å²) in [4.78, 5) is 0. The summed E-state index contributed by atoms with van der Waals surface area (Å²) in [7, 11) is -6.20. The molecule has 2 rings (SSSR count). The zero-order valence-electron chi connectivity index (χ0n) is 11.6. The van der Waals surface area contributed by atoms with Crippen LogP contribution in [0.1, 0.15) is 0 Å². The molecular weight excluding hydrogens is 496 g/mol. The molecule has 0 heterocycles. The topological polar surface area (TPSA) is 43.4 Å². The van der Waals surface area contributed by atoms with Gasteiger partial charge in [0.05, 0.1) is 0 Å². The Balaban J connectivity index is 2.63. The van der Waals surface area contributed by atoms with E-state index in [1.807, 2.05) is 0 Å². The first-order chi connectivity index (χ1) is 11.4. The van der Waals surface area contributed by atoms with E-state index in [-0.39, 0.29) is 12.1 Å². The fraction of sp³-hybridized carbons (Fsp3) is 0.0769. The first kappa shape index (κ1) is 19.9. The minimum absolute atomic E-state index is 0.283. The van der Waals surface area contributed by atoms with Crippen LogP contribution in [-0.2, 0) is 12.6 Å². The number of halogens is 8. The van der Waals surface area contributed by atoms with Gasteiger partial charge >= 0.3 is 144 Å². The number of benzene rings is 2. The molecule has 0 aromatic heterocycles. The number of alkyl halides is 3. The van der Waals surface area contributed by atoms with Crippen LogP contribution in [0.5, 0.6) is 0 Å². The van der Waals surface area contributed by atoms with Gasteiger partial charge < -0.3 is 0 Å². The van der Waals surface area contributed by atoms with Gasteiger partial charge in [0.2, 0.25) is 0 Å². The molecule has 0 saturated heterocycles. The van der Waals surface area contributed by atoms with Crippen LogP contribution in [0.2, 0.25) is 0 Å². The SMILES string of the molecule is O=S(=O)(OI(c1ccc(F)cc1F)c1ccc(F)cc1F)C(F)(F)F. The molecule has 0 bridgehead atoms. The van der Waals surface area contributed by atoms with E-state index in [1.54, 1.807) is 0 Å². The molecule has 0 fully saturated rings. The average molecular weight is 502 g/mol. The summed E-state index contributed by atoms with van der Waals surface area (Å²) < 4.78 is 117. The standard InChI is InChI=1S/C13H6F7IO3S/c14-7-1-3-11(9(16)5-7)21(24-25(22,23)13(18,19)20)12-4-2-8(15)6-10(12)17/h1-6H. The van der Waals surface area contributed by atoms with Crippen LogP contribution in [0.15, 0.2) is 36.4 Å². The molecule has 25 heavy (non-hydrogen) atoms. The van der Waals surface area contributed by atoms with E-state index in [0.717, 1.165) is 0 Å². The number of hydrogen-bond donors (Lipinski definition) is 0. The third-order valence-corrected chi connectivity index (χ3v) is 9.78. The summed E-state index contributed by atoms with van der Waals surface area (Å²) in [6.07, 6.45) is 0. The Kier molecular flexibility index (Phi) is 5.63. The van der Waals surface area contributed by atoms with Gasteiger partial charge in [0.1, 0.15) is 0 Å². The molecule has 3 nitrogen and oxygen atoms in total. The van der Waals surface area contributed by atoms with Gasteiger partial charge in [0.15, 0.2) is 0 Å². The molecule has 138 valence electrons. The van der Waals surface area contributed by atoms with Crippen LogP contribution in [0.25, 0.3) is 0 Å². The molecule has 0 unspecified atom stereocenters. The summed E-state index contributed by atoms with van der Waals surface area (Å²) in [6, 6.07) is 3.17. The first-order valence-corrected chi connectivity index (χ1v) is 10.5. The Morgan fingerprint density at radius 1 is 0.800 bits per heavy atom. The molecule has 12 heteroatoms. The van der Waals surface area contributed by atoms with Crippen molar-refractivity contribution in [1.82, 2.24) is 0 Å². The molecule has 0 aliphatic rings. The van der Waals surface area contributed by atoms with Crippen molar-refractivity contribution in [3.63, 3.8) is 0 Å². The van der Waals surface area contributed by atoms with Crippen molar-refractivity contribution < 1.29 is 41.7 Å². The predicted octanol–water partition coefficient (Wildman–Crippen LogP) is 4.57. The molecule has 0 saturated carbocycles. The molecule has 2 aromatic rings. The molecule has 0 amide bonds. The second-order valence-electron chi connectivity index (χ2n) is 4.33. The molecule has 0 N–H and O–H groups in total. The molecule has 0 radical (unpaired) electrons. The second kappa shape index (κ2) is 7.07. The summed E-state index contributed by atoms with van der Waals surface area (Å²) in [5.41, 5.74) is -5.84. The number of rotatable bonds is 4. The van der Waals surface area contributed by atoms with Gasteiger partial charge in [-0.15, -0.1) is 0 Å². The zero-order chi connectivity index (χ0) is 19.0. The third kappa shape index (κ3) is 4.41. The van der Waals surface area contributed by atoms with Crippen LogP contribution in [0.4, 0.5) is 30.7 Å². The van der Waals surface area contributed by atoms with E-state index in [4.69, 9.17) is 0 Å². The van der Waals surface area contributed by atoms with Gasteiger partial charge in [-0.1, -0.05) is 0 Å². The normalized spacial score (nSPS) is 13.0. The van der Waals surface area contributed by atoms with E-state index < -0.39 is 66.3 Å². The van der Waals surface area contributed by atoms with Crippen molar-refractivity contribution in [2.24, 2.45) is 0 Å². The third-order valence-electron chi connectivity index (χ3n) is 2.56. The molecule has 0 atom stereocenters. The fourth-order valence-corrected chi connectivity index (χ4v) is 7.97. The molecule has 2 aromatic carbocycles. The average Bonchev–Trinajstić information content (AvgIpc) is 2.44. The van der Waals surface area contributed by atoms with Crippen LogP contribution in [-0.4, -0.2) is 13.9 Å². The van der Waals surface area contributed by atoms with E-state index in [2.05, 4.69) is 2.51 Å². The predicted molar refractivity (Wildman–Crippen MR) is 80.2 cm³/mol. The van der Waals surface area contributed by atoms with Crippen LogP contribution in [0.3, 0.4) is 0 Å². The van der Waals surface area contributed by atoms with Crippen molar-refractivity contribution >= 4 is 30.4 Å². The van der Waals surface area contributed by atoms with E-state index >= 15 is 0 Å². The summed E-state index contributed by atoms with van der Waals surface area (Å²) in [6.45, 7) is 0. The second-order valence-corrected chi connectivity index (χ2v) is 10.6.